The van der Waals surface area contributed by atoms with E-state index in [0.29, 0.717) is 25.5 Å². The minimum Gasteiger partial charge on any atom is -0.481 e. The summed E-state index contributed by atoms with van der Waals surface area (Å²) in [6.45, 7) is 1.77. The number of carboxylic acid groups (broad SMARTS) is 1. The van der Waals surface area contributed by atoms with Crippen LogP contribution in [-0.2, 0) is 17.1 Å². The van der Waals surface area contributed by atoms with Crippen LogP contribution in [-0.4, -0.2) is 48.7 Å². The Kier molecular flexibility index (Phi) is 12.2. The van der Waals surface area contributed by atoms with Crippen LogP contribution in [0, 0.1) is 0 Å². The summed E-state index contributed by atoms with van der Waals surface area (Å²) in [5, 5.41) is 13.2. The number of benzene rings is 1. The Morgan fingerprint density at radius 1 is 0.853 bits per heavy atom. The number of carbonyl (C=O) groups excluding carboxylic acids is 1. The number of halogens is 6. The van der Waals surface area contributed by atoms with Gasteiger partial charge in [0.2, 0.25) is 0 Å². The van der Waals surface area contributed by atoms with Crippen molar-refractivity contribution in [2.75, 3.05) is 32.0 Å². The molecule has 34 heavy (non-hydrogen) atoms. The molecule has 0 radical (unpaired) electrons. The van der Waals surface area contributed by atoms with E-state index in [2.05, 4.69) is 15.5 Å². The fourth-order valence-corrected chi connectivity index (χ4v) is 3.31. The maximum atomic E-state index is 13.0. The summed E-state index contributed by atoms with van der Waals surface area (Å²) in [4.78, 5) is 24.4. The number of nitrogens with zero attached hydrogens (tertiary/aromatic N) is 1. The number of amides is 2. The lowest BCUT2D eigenvalue weighted by atomic mass is 10.1. The molecule has 0 heterocycles. The molecule has 0 bridgehead atoms. The number of hydrogen-bond acceptors (Lipinski definition) is 3. The fourth-order valence-electron chi connectivity index (χ4n) is 3.31. The SMILES string of the molecule is CN(CCCCCCCCC(=O)O)CCCNC(=O)Nc1ccc(C(F)(F)F)c(C(F)(F)F)c1. The summed E-state index contributed by atoms with van der Waals surface area (Å²) in [7, 11) is 1.92. The normalized spacial score (nSPS) is 12.1. The van der Waals surface area contributed by atoms with Crippen molar-refractivity contribution in [3.05, 3.63) is 29.3 Å². The third-order valence-electron chi connectivity index (χ3n) is 5.07. The topological polar surface area (TPSA) is 81.7 Å². The van der Waals surface area contributed by atoms with E-state index >= 15 is 0 Å². The first kappa shape index (κ1) is 29.5. The van der Waals surface area contributed by atoms with Crippen molar-refractivity contribution < 1.29 is 41.0 Å². The quantitative estimate of drug-likeness (QED) is 0.217. The van der Waals surface area contributed by atoms with Crippen molar-refractivity contribution in [1.29, 1.82) is 0 Å². The maximum Gasteiger partial charge on any atom is 0.417 e. The molecular weight excluding hydrogens is 468 g/mol. The van der Waals surface area contributed by atoms with E-state index in [1.165, 1.54) is 0 Å². The van der Waals surface area contributed by atoms with Gasteiger partial charge in [0.05, 0.1) is 11.1 Å². The van der Waals surface area contributed by atoms with Gasteiger partial charge >= 0.3 is 24.4 Å². The maximum absolute atomic E-state index is 13.0. The Morgan fingerprint density at radius 3 is 2.00 bits per heavy atom. The van der Waals surface area contributed by atoms with Crippen molar-refractivity contribution in [2.24, 2.45) is 0 Å². The first-order chi connectivity index (χ1) is 15.8. The summed E-state index contributed by atoms with van der Waals surface area (Å²) in [6.07, 6.45) is -3.95. The van der Waals surface area contributed by atoms with Gasteiger partial charge in [0.15, 0.2) is 0 Å². The number of hydrogen-bond donors (Lipinski definition) is 3. The van der Waals surface area contributed by atoms with Crippen LogP contribution in [0.2, 0.25) is 0 Å². The number of urea groups is 1. The Morgan fingerprint density at radius 2 is 1.41 bits per heavy atom. The van der Waals surface area contributed by atoms with Crippen LogP contribution >= 0.6 is 0 Å². The standard InChI is InChI=1S/C22H31F6N3O3/c1-31(13-7-5-3-2-4-6-9-19(32)33)14-8-12-29-20(34)30-16-10-11-17(21(23,24)25)18(15-16)22(26,27)28/h10-11,15H,2-9,12-14H2,1H3,(H,32,33)(H2,29,30,34). The molecule has 0 fully saturated rings. The molecule has 12 heteroatoms. The average molecular weight is 499 g/mol. The zero-order valence-electron chi connectivity index (χ0n) is 19.0. The number of carbonyl (C=O) groups is 2. The summed E-state index contributed by atoms with van der Waals surface area (Å²) in [5.74, 6) is -0.774. The summed E-state index contributed by atoms with van der Waals surface area (Å²) < 4.78 is 77.3. The van der Waals surface area contributed by atoms with E-state index < -0.39 is 41.2 Å². The van der Waals surface area contributed by atoms with E-state index in [1.54, 1.807) is 0 Å². The third kappa shape index (κ3) is 12.1. The number of unbranched alkanes of at least 4 members (excludes halogenated alkanes) is 5. The molecule has 194 valence electrons. The van der Waals surface area contributed by atoms with Gasteiger partial charge in [-0.1, -0.05) is 25.7 Å². The van der Waals surface area contributed by atoms with E-state index in [4.69, 9.17) is 5.11 Å². The van der Waals surface area contributed by atoms with E-state index in [0.717, 1.165) is 44.7 Å². The highest BCUT2D eigenvalue weighted by atomic mass is 19.4. The van der Waals surface area contributed by atoms with E-state index in [1.807, 2.05) is 7.05 Å². The van der Waals surface area contributed by atoms with Gasteiger partial charge in [-0.2, -0.15) is 26.3 Å². The first-order valence-electron chi connectivity index (χ1n) is 11.0. The van der Waals surface area contributed by atoms with Crippen molar-refractivity contribution in [3.8, 4) is 0 Å². The zero-order valence-corrected chi connectivity index (χ0v) is 19.0. The van der Waals surface area contributed by atoms with Crippen LogP contribution in [0.4, 0.5) is 36.8 Å². The molecule has 0 aliphatic rings. The predicted octanol–water partition coefficient (Wildman–Crippen LogP) is 5.98. The highest BCUT2D eigenvalue weighted by Crippen LogP contribution is 2.41. The lowest BCUT2D eigenvalue weighted by Gasteiger charge is -2.18. The lowest BCUT2D eigenvalue weighted by Crippen LogP contribution is -2.32. The van der Waals surface area contributed by atoms with Gasteiger partial charge in [0.25, 0.3) is 0 Å². The smallest absolute Gasteiger partial charge is 0.417 e. The van der Waals surface area contributed by atoms with E-state index in [-0.39, 0.29) is 19.0 Å². The molecule has 1 rings (SSSR count). The van der Waals surface area contributed by atoms with Crippen molar-refractivity contribution in [3.63, 3.8) is 0 Å². The Bertz CT molecular complexity index is 784. The van der Waals surface area contributed by atoms with Crippen LogP contribution in [0.1, 0.15) is 62.5 Å². The minimum atomic E-state index is -5.22. The largest absolute Gasteiger partial charge is 0.481 e. The molecule has 0 saturated carbocycles. The van der Waals surface area contributed by atoms with Crippen molar-refractivity contribution in [2.45, 2.75) is 63.7 Å². The molecule has 6 nitrogen and oxygen atoms in total. The van der Waals surface area contributed by atoms with Crippen molar-refractivity contribution >= 4 is 17.7 Å². The van der Waals surface area contributed by atoms with Gasteiger partial charge in [-0.05, 0) is 57.6 Å². The molecule has 1 aromatic rings. The number of carboxylic acids is 1. The molecule has 0 aromatic heterocycles. The molecule has 0 unspecified atom stereocenters. The fraction of sp³-hybridized carbons (Fsp3) is 0.636. The molecule has 0 saturated heterocycles. The van der Waals surface area contributed by atoms with Crippen LogP contribution < -0.4 is 10.6 Å². The molecule has 3 N–H and O–H groups in total. The highest BCUT2D eigenvalue weighted by molar-refractivity contribution is 5.89. The first-order valence-corrected chi connectivity index (χ1v) is 11.0. The van der Waals surface area contributed by atoms with Gasteiger partial charge in [-0.15, -0.1) is 0 Å². The van der Waals surface area contributed by atoms with Crippen LogP contribution in [0.15, 0.2) is 18.2 Å². The number of aliphatic carboxylic acids is 1. The Hall–Kier alpha value is -2.50. The number of nitrogens with one attached hydrogen (secondary N) is 2. The lowest BCUT2D eigenvalue weighted by molar-refractivity contribution is -0.162. The second-order valence-corrected chi connectivity index (χ2v) is 8.06. The second kappa shape index (κ2) is 14.0. The molecule has 2 amide bonds. The number of anilines is 1. The van der Waals surface area contributed by atoms with Gasteiger partial charge in [-0.3, -0.25) is 4.79 Å². The van der Waals surface area contributed by atoms with Gasteiger partial charge in [0.1, 0.15) is 0 Å². The van der Waals surface area contributed by atoms with Gasteiger partial charge in [-0.25, -0.2) is 4.79 Å². The highest BCUT2D eigenvalue weighted by Gasteiger charge is 2.43. The van der Waals surface area contributed by atoms with Crippen LogP contribution in [0.3, 0.4) is 0 Å². The molecule has 0 aliphatic heterocycles. The number of rotatable bonds is 14. The minimum absolute atomic E-state index is 0.202. The Balaban J connectivity index is 2.28. The van der Waals surface area contributed by atoms with Crippen LogP contribution in [0.5, 0.6) is 0 Å². The molecule has 0 aliphatic carbocycles. The van der Waals surface area contributed by atoms with Gasteiger partial charge in [0, 0.05) is 18.7 Å². The van der Waals surface area contributed by atoms with Crippen LogP contribution in [0.25, 0.3) is 0 Å². The zero-order chi connectivity index (χ0) is 25.8. The van der Waals surface area contributed by atoms with E-state index in [9.17, 15) is 35.9 Å². The summed E-state index contributed by atoms with van der Waals surface area (Å²) in [5.41, 5.74) is -4.07. The number of alkyl halides is 6. The average Bonchev–Trinajstić information content (AvgIpc) is 2.71. The monoisotopic (exact) mass is 499 g/mol. The molecule has 0 atom stereocenters. The third-order valence-corrected chi connectivity index (χ3v) is 5.07. The summed E-state index contributed by atoms with van der Waals surface area (Å²) >= 11 is 0. The summed E-state index contributed by atoms with van der Waals surface area (Å²) in [6, 6.07) is 0.530. The predicted molar refractivity (Wildman–Crippen MR) is 116 cm³/mol. The van der Waals surface area contributed by atoms with Gasteiger partial charge < -0.3 is 20.6 Å². The molecular formula is C22H31F6N3O3. The Labute approximate surface area is 194 Å². The van der Waals surface area contributed by atoms with Crippen molar-refractivity contribution in [1.82, 2.24) is 10.2 Å². The molecule has 1 aromatic carbocycles. The second-order valence-electron chi connectivity index (χ2n) is 8.06. The molecule has 0 spiro atoms.